The van der Waals surface area contributed by atoms with Crippen LogP contribution in [0.15, 0.2) is 61.1 Å². The van der Waals surface area contributed by atoms with Crippen molar-refractivity contribution in [3.05, 3.63) is 83.7 Å². The normalized spacial score (nSPS) is 19.3. The lowest BCUT2D eigenvalue weighted by molar-refractivity contribution is 0.0505. The van der Waals surface area contributed by atoms with Gasteiger partial charge in [0.2, 0.25) is 0 Å². The maximum atomic E-state index is 13.6. The quantitative estimate of drug-likeness (QED) is 0.634. The van der Waals surface area contributed by atoms with E-state index in [4.69, 9.17) is 0 Å². The van der Waals surface area contributed by atoms with Crippen molar-refractivity contribution in [3.63, 3.8) is 0 Å². The van der Waals surface area contributed by atoms with E-state index in [9.17, 15) is 4.79 Å². The average Bonchev–Trinajstić information content (AvgIpc) is 3.55. The van der Waals surface area contributed by atoms with Crippen molar-refractivity contribution in [1.82, 2.24) is 24.8 Å². The van der Waals surface area contributed by atoms with Crippen LogP contribution in [-0.2, 0) is 13.1 Å². The lowest BCUT2D eigenvalue weighted by atomic mass is 10.0. The molecule has 160 valence electrons. The van der Waals surface area contributed by atoms with Crippen LogP contribution >= 0.6 is 0 Å². The summed E-state index contributed by atoms with van der Waals surface area (Å²) in [6.07, 6.45) is 9.75. The Kier molecular flexibility index (Phi) is 5.80. The maximum Gasteiger partial charge on any atom is 0.272 e. The minimum Gasteiger partial charge on any atom is -0.338 e. The molecule has 6 nitrogen and oxygen atoms in total. The number of imidazole rings is 1. The highest BCUT2D eigenvalue weighted by atomic mass is 16.2. The van der Waals surface area contributed by atoms with Gasteiger partial charge in [0.05, 0.1) is 6.20 Å². The Morgan fingerprint density at radius 1 is 1.06 bits per heavy atom. The number of pyridine rings is 1. The summed E-state index contributed by atoms with van der Waals surface area (Å²) >= 11 is 0. The molecule has 1 atom stereocenters. The first-order valence-electron chi connectivity index (χ1n) is 11.3. The minimum atomic E-state index is 0.0442. The van der Waals surface area contributed by atoms with Crippen molar-refractivity contribution in [2.45, 2.75) is 50.7 Å². The molecule has 1 aliphatic carbocycles. The summed E-state index contributed by atoms with van der Waals surface area (Å²) in [7, 11) is 0. The third kappa shape index (κ3) is 4.85. The number of likely N-dealkylation sites (tertiary alicyclic amines) is 1. The number of aromatic amines is 1. The molecule has 3 aromatic rings. The summed E-state index contributed by atoms with van der Waals surface area (Å²) in [5.74, 6) is 1.51. The van der Waals surface area contributed by atoms with Crippen molar-refractivity contribution in [2.75, 3.05) is 13.1 Å². The number of nitrogens with one attached hydrogen (secondary N) is 1. The third-order valence-electron chi connectivity index (χ3n) is 6.32. The van der Waals surface area contributed by atoms with Gasteiger partial charge in [0.15, 0.2) is 0 Å². The highest BCUT2D eigenvalue weighted by Crippen LogP contribution is 2.38. The number of amides is 1. The summed E-state index contributed by atoms with van der Waals surface area (Å²) in [6, 6.07) is 14.7. The van der Waals surface area contributed by atoms with Crippen molar-refractivity contribution in [1.29, 1.82) is 0 Å². The molecule has 31 heavy (non-hydrogen) atoms. The van der Waals surface area contributed by atoms with Crippen molar-refractivity contribution in [3.8, 4) is 0 Å². The van der Waals surface area contributed by atoms with Crippen molar-refractivity contribution >= 4 is 5.91 Å². The van der Waals surface area contributed by atoms with Crippen LogP contribution in [0.4, 0.5) is 0 Å². The van der Waals surface area contributed by atoms with E-state index in [0.29, 0.717) is 18.2 Å². The molecular formula is C25H29N5O. The van der Waals surface area contributed by atoms with Gasteiger partial charge >= 0.3 is 0 Å². The predicted molar refractivity (Wildman–Crippen MR) is 119 cm³/mol. The zero-order valence-electron chi connectivity index (χ0n) is 17.8. The topological polar surface area (TPSA) is 65.1 Å². The molecular weight excluding hydrogens is 386 g/mol. The van der Waals surface area contributed by atoms with E-state index in [2.05, 4.69) is 50.2 Å². The molecule has 0 bridgehead atoms. The van der Waals surface area contributed by atoms with E-state index in [1.807, 2.05) is 17.0 Å². The number of hydrogen-bond acceptors (Lipinski definition) is 4. The first kappa shape index (κ1) is 19.9. The molecule has 0 radical (unpaired) electrons. The highest BCUT2D eigenvalue weighted by Gasteiger charge is 2.32. The largest absolute Gasteiger partial charge is 0.338 e. The molecule has 1 amide bonds. The zero-order chi connectivity index (χ0) is 21.0. The van der Waals surface area contributed by atoms with E-state index in [1.165, 1.54) is 18.4 Å². The van der Waals surface area contributed by atoms with Crippen LogP contribution in [0.2, 0.25) is 0 Å². The van der Waals surface area contributed by atoms with Crippen LogP contribution in [0.5, 0.6) is 0 Å². The predicted octanol–water partition coefficient (Wildman–Crippen LogP) is 3.99. The zero-order valence-corrected chi connectivity index (χ0v) is 17.8. The van der Waals surface area contributed by atoms with Gasteiger partial charge in [-0.15, -0.1) is 0 Å². The molecule has 5 rings (SSSR count). The second-order valence-electron chi connectivity index (χ2n) is 8.76. The van der Waals surface area contributed by atoms with E-state index >= 15 is 0 Å². The summed E-state index contributed by atoms with van der Waals surface area (Å²) in [5.41, 5.74) is 3.03. The number of hydrogen-bond donors (Lipinski definition) is 1. The fourth-order valence-electron chi connectivity index (χ4n) is 4.49. The number of rotatable bonds is 7. The van der Waals surface area contributed by atoms with Gasteiger partial charge in [-0.2, -0.15) is 0 Å². The van der Waals surface area contributed by atoms with Gasteiger partial charge in [0, 0.05) is 44.0 Å². The van der Waals surface area contributed by atoms with Gasteiger partial charge in [-0.3, -0.25) is 14.7 Å². The molecule has 2 fully saturated rings. The molecule has 6 heteroatoms. The SMILES string of the molecule is O=C(c1cnc(C2CC2)[nH]1)N(Cc1ccncc1)C1CCCN(Cc2ccccc2)C1. The van der Waals surface area contributed by atoms with Crippen LogP contribution in [0.25, 0.3) is 0 Å². The molecule has 0 spiro atoms. The highest BCUT2D eigenvalue weighted by molar-refractivity contribution is 5.92. The Labute approximate surface area is 183 Å². The number of piperidine rings is 1. The second kappa shape index (κ2) is 9.02. The second-order valence-corrected chi connectivity index (χ2v) is 8.76. The van der Waals surface area contributed by atoms with Crippen LogP contribution in [0.3, 0.4) is 0 Å². The van der Waals surface area contributed by atoms with Gasteiger partial charge in [0.25, 0.3) is 5.91 Å². The Bertz CT molecular complexity index is 999. The molecule has 2 aromatic heterocycles. The molecule has 1 aromatic carbocycles. The molecule has 1 N–H and O–H groups in total. The Morgan fingerprint density at radius 3 is 2.65 bits per heavy atom. The Hall–Kier alpha value is -2.99. The minimum absolute atomic E-state index is 0.0442. The molecule has 1 aliphatic heterocycles. The number of nitrogens with zero attached hydrogens (tertiary/aromatic N) is 4. The monoisotopic (exact) mass is 415 g/mol. The standard InChI is InChI=1S/C25H29N5O/c31-25(23-15-27-24(28-23)21-8-9-21)30(17-20-10-12-26-13-11-20)22-7-4-14-29(18-22)16-19-5-2-1-3-6-19/h1-3,5-6,10-13,15,21-22H,4,7-9,14,16-18H2,(H,27,28). The molecule has 1 saturated carbocycles. The average molecular weight is 416 g/mol. The first-order valence-corrected chi connectivity index (χ1v) is 11.3. The van der Waals surface area contributed by atoms with Crippen LogP contribution < -0.4 is 0 Å². The molecule has 2 aliphatic rings. The maximum absolute atomic E-state index is 13.6. The molecule has 1 unspecified atom stereocenters. The van der Waals surface area contributed by atoms with Crippen LogP contribution in [-0.4, -0.2) is 49.8 Å². The molecule has 3 heterocycles. The van der Waals surface area contributed by atoms with Gasteiger partial charge < -0.3 is 9.88 Å². The van der Waals surface area contributed by atoms with Crippen molar-refractivity contribution < 1.29 is 4.79 Å². The fraction of sp³-hybridized carbons (Fsp3) is 0.400. The fourth-order valence-corrected chi connectivity index (χ4v) is 4.49. The lowest BCUT2D eigenvalue weighted by Gasteiger charge is -2.39. The van der Waals surface area contributed by atoms with Crippen molar-refractivity contribution in [2.24, 2.45) is 0 Å². The summed E-state index contributed by atoms with van der Waals surface area (Å²) in [6.45, 7) is 3.46. The third-order valence-corrected chi connectivity index (χ3v) is 6.32. The van der Waals surface area contributed by atoms with Gasteiger partial charge in [-0.1, -0.05) is 30.3 Å². The van der Waals surface area contributed by atoms with Gasteiger partial charge in [-0.05, 0) is 55.5 Å². The smallest absolute Gasteiger partial charge is 0.272 e. The number of H-pyrrole nitrogens is 1. The Morgan fingerprint density at radius 2 is 1.87 bits per heavy atom. The number of aromatic nitrogens is 3. The first-order chi connectivity index (χ1) is 15.3. The number of carbonyl (C=O) groups is 1. The van der Waals surface area contributed by atoms with E-state index < -0.39 is 0 Å². The van der Waals surface area contributed by atoms with E-state index in [-0.39, 0.29) is 11.9 Å². The summed E-state index contributed by atoms with van der Waals surface area (Å²) in [4.78, 5) is 30.0. The summed E-state index contributed by atoms with van der Waals surface area (Å²) in [5, 5.41) is 0. The van der Waals surface area contributed by atoms with Crippen LogP contribution in [0.1, 0.15) is 59.0 Å². The van der Waals surface area contributed by atoms with E-state index in [0.717, 1.165) is 43.9 Å². The summed E-state index contributed by atoms with van der Waals surface area (Å²) < 4.78 is 0. The lowest BCUT2D eigenvalue weighted by Crippen LogP contribution is -2.49. The molecule has 1 saturated heterocycles. The van der Waals surface area contributed by atoms with Gasteiger partial charge in [0.1, 0.15) is 11.5 Å². The van der Waals surface area contributed by atoms with Gasteiger partial charge in [-0.25, -0.2) is 4.98 Å². The number of benzene rings is 1. The Balaban J connectivity index is 1.35. The van der Waals surface area contributed by atoms with E-state index in [1.54, 1.807) is 18.6 Å². The number of carbonyl (C=O) groups excluding carboxylic acids is 1. The van der Waals surface area contributed by atoms with Crippen LogP contribution in [0, 0.1) is 0 Å².